The third-order valence-electron chi connectivity index (χ3n) is 2.38. The predicted molar refractivity (Wildman–Crippen MR) is 61.6 cm³/mol. The molecule has 0 amide bonds. The van der Waals surface area contributed by atoms with E-state index in [1.54, 1.807) is 18.4 Å². The van der Waals surface area contributed by atoms with Crippen LogP contribution in [0.2, 0.25) is 0 Å². The molecule has 2 heterocycles. The summed E-state index contributed by atoms with van der Waals surface area (Å²) < 4.78 is 10.5. The molecule has 0 aliphatic carbocycles. The molecule has 0 unspecified atom stereocenters. The summed E-state index contributed by atoms with van der Waals surface area (Å²) in [6.07, 6.45) is 0. The molecular weight excluding hydrogens is 242 g/mol. The van der Waals surface area contributed by atoms with E-state index in [1.807, 2.05) is 6.92 Å². The molecule has 0 aliphatic rings. The second kappa shape index (κ2) is 4.58. The van der Waals surface area contributed by atoms with Crippen LogP contribution < -0.4 is 4.74 Å². The van der Waals surface area contributed by atoms with Gasteiger partial charge in [-0.3, -0.25) is 0 Å². The number of ether oxygens (including phenoxy) is 1. The number of carboxylic acid groups (broad SMARTS) is 1. The number of aromatic carboxylic acids is 1. The zero-order valence-electron chi connectivity index (χ0n) is 9.39. The number of carbonyl (C=O) groups is 1. The zero-order chi connectivity index (χ0) is 12.4. The lowest BCUT2D eigenvalue weighted by Gasteiger charge is -2.04. The Balaban J connectivity index is 2.13. The van der Waals surface area contributed by atoms with Gasteiger partial charge in [-0.05, 0) is 25.3 Å². The number of aromatic nitrogens is 1. The zero-order valence-corrected chi connectivity index (χ0v) is 10.2. The number of hydrogen-bond donors (Lipinski definition) is 1. The predicted octanol–water partition coefficient (Wildman–Crippen LogP) is 2.63. The Morgan fingerprint density at radius 1 is 1.59 bits per heavy atom. The van der Waals surface area contributed by atoms with Gasteiger partial charge < -0.3 is 14.4 Å². The van der Waals surface area contributed by atoms with Gasteiger partial charge in [0.15, 0.2) is 4.88 Å². The minimum Gasteiger partial charge on any atom is -0.487 e. The van der Waals surface area contributed by atoms with E-state index in [9.17, 15) is 4.79 Å². The fourth-order valence-corrected chi connectivity index (χ4v) is 2.10. The Bertz CT molecular complexity index is 524. The monoisotopic (exact) mass is 253 g/mol. The second-order valence-electron chi connectivity index (χ2n) is 3.51. The highest BCUT2D eigenvalue weighted by Gasteiger charge is 2.15. The van der Waals surface area contributed by atoms with Crippen LogP contribution in [0.3, 0.4) is 0 Å². The summed E-state index contributed by atoms with van der Waals surface area (Å²) in [4.78, 5) is 11.1. The summed E-state index contributed by atoms with van der Waals surface area (Å²) in [5, 5.41) is 14.4. The quantitative estimate of drug-likeness (QED) is 0.906. The highest BCUT2D eigenvalue weighted by molar-refractivity contribution is 7.12. The summed E-state index contributed by atoms with van der Waals surface area (Å²) >= 11 is 1.14. The number of hydrogen-bond acceptors (Lipinski definition) is 5. The standard InChI is InChI=1S/C11H11NO4S/c1-6-8(7(2)16-12-6)5-15-9-3-4-17-10(9)11(13)14/h3-4H,5H2,1-2H3,(H,13,14). The van der Waals surface area contributed by atoms with Crippen LogP contribution in [-0.4, -0.2) is 16.2 Å². The van der Waals surface area contributed by atoms with Gasteiger partial charge in [-0.1, -0.05) is 5.16 Å². The molecule has 0 spiro atoms. The molecule has 2 rings (SSSR count). The van der Waals surface area contributed by atoms with Gasteiger partial charge in [-0.2, -0.15) is 0 Å². The summed E-state index contributed by atoms with van der Waals surface area (Å²) in [7, 11) is 0. The average Bonchev–Trinajstić information content (AvgIpc) is 2.85. The molecule has 17 heavy (non-hydrogen) atoms. The minimum absolute atomic E-state index is 0.205. The molecule has 0 atom stereocenters. The highest BCUT2D eigenvalue weighted by Crippen LogP contribution is 2.26. The summed E-state index contributed by atoms with van der Waals surface area (Å²) in [5.74, 6) is 0.0888. The number of carboxylic acids is 1. The fraction of sp³-hybridized carbons (Fsp3) is 0.273. The first-order chi connectivity index (χ1) is 8.09. The lowest BCUT2D eigenvalue weighted by molar-refractivity contribution is 0.0697. The van der Waals surface area contributed by atoms with E-state index in [0.717, 1.165) is 22.6 Å². The SMILES string of the molecule is Cc1noc(C)c1COc1ccsc1C(=O)O. The van der Waals surface area contributed by atoms with Gasteiger partial charge in [0, 0.05) is 0 Å². The molecule has 0 bridgehead atoms. The van der Waals surface area contributed by atoms with Crippen LogP contribution in [0.5, 0.6) is 5.75 Å². The van der Waals surface area contributed by atoms with Crippen molar-refractivity contribution in [1.82, 2.24) is 5.16 Å². The van der Waals surface area contributed by atoms with Gasteiger partial charge >= 0.3 is 5.97 Å². The third-order valence-corrected chi connectivity index (χ3v) is 3.26. The average molecular weight is 253 g/mol. The first-order valence-corrected chi connectivity index (χ1v) is 5.83. The van der Waals surface area contributed by atoms with Crippen LogP contribution in [0.4, 0.5) is 0 Å². The first kappa shape index (κ1) is 11.7. The van der Waals surface area contributed by atoms with Crippen molar-refractivity contribution in [3.63, 3.8) is 0 Å². The van der Waals surface area contributed by atoms with E-state index in [-0.39, 0.29) is 11.5 Å². The molecule has 0 fully saturated rings. The molecule has 0 aromatic carbocycles. The van der Waals surface area contributed by atoms with Gasteiger partial charge in [0.05, 0.1) is 11.3 Å². The molecule has 2 aromatic rings. The number of thiophene rings is 1. The molecule has 0 saturated carbocycles. The number of aryl methyl sites for hydroxylation is 2. The molecule has 5 nitrogen and oxygen atoms in total. The molecule has 1 N–H and O–H groups in total. The van der Waals surface area contributed by atoms with E-state index in [0.29, 0.717) is 11.5 Å². The second-order valence-corrected chi connectivity index (χ2v) is 4.43. The Morgan fingerprint density at radius 2 is 2.35 bits per heavy atom. The number of nitrogens with zero attached hydrogens (tertiary/aromatic N) is 1. The maximum atomic E-state index is 10.9. The van der Waals surface area contributed by atoms with Gasteiger partial charge in [-0.15, -0.1) is 11.3 Å². The molecule has 6 heteroatoms. The molecule has 2 aromatic heterocycles. The summed E-state index contributed by atoms with van der Waals surface area (Å²) in [5.41, 5.74) is 1.61. The van der Waals surface area contributed by atoms with Crippen molar-refractivity contribution in [2.24, 2.45) is 0 Å². The van der Waals surface area contributed by atoms with Crippen molar-refractivity contribution >= 4 is 17.3 Å². The van der Waals surface area contributed by atoms with Crippen molar-refractivity contribution in [2.45, 2.75) is 20.5 Å². The van der Waals surface area contributed by atoms with Crippen LogP contribution in [0.15, 0.2) is 16.0 Å². The van der Waals surface area contributed by atoms with Crippen LogP contribution in [-0.2, 0) is 6.61 Å². The normalized spacial score (nSPS) is 10.5. The van der Waals surface area contributed by atoms with Crippen LogP contribution >= 0.6 is 11.3 Å². The Hall–Kier alpha value is -1.82. The van der Waals surface area contributed by atoms with Crippen molar-refractivity contribution in [1.29, 1.82) is 0 Å². The Morgan fingerprint density at radius 3 is 2.94 bits per heavy atom. The van der Waals surface area contributed by atoms with E-state index in [1.165, 1.54) is 0 Å². The lowest BCUT2D eigenvalue weighted by atomic mass is 10.2. The van der Waals surface area contributed by atoms with Crippen LogP contribution in [0.1, 0.15) is 26.7 Å². The van der Waals surface area contributed by atoms with Gasteiger partial charge in [-0.25, -0.2) is 4.79 Å². The maximum absolute atomic E-state index is 10.9. The summed E-state index contributed by atoms with van der Waals surface area (Å²) in [6, 6.07) is 1.65. The van der Waals surface area contributed by atoms with Crippen molar-refractivity contribution < 1.29 is 19.2 Å². The molecular formula is C11H11NO4S. The van der Waals surface area contributed by atoms with E-state index in [4.69, 9.17) is 14.4 Å². The number of rotatable bonds is 4. The topological polar surface area (TPSA) is 72.6 Å². The third kappa shape index (κ3) is 2.31. The molecule has 0 aliphatic heterocycles. The van der Waals surface area contributed by atoms with Crippen molar-refractivity contribution in [3.8, 4) is 5.75 Å². The maximum Gasteiger partial charge on any atom is 0.349 e. The van der Waals surface area contributed by atoms with Gasteiger partial charge in [0.2, 0.25) is 0 Å². The fourth-order valence-electron chi connectivity index (χ4n) is 1.42. The van der Waals surface area contributed by atoms with E-state index >= 15 is 0 Å². The van der Waals surface area contributed by atoms with Crippen LogP contribution in [0.25, 0.3) is 0 Å². The van der Waals surface area contributed by atoms with Gasteiger partial charge in [0.25, 0.3) is 0 Å². The smallest absolute Gasteiger partial charge is 0.349 e. The van der Waals surface area contributed by atoms with Crippen molar-refractivity contribution in [2.75, 3.05) is 0 Å². The van der Waals surface area contributed by atoms with E-state index < -0.39 is 5.97 Å². The summed E-state index contributed by atoms with van der Waals surface area (Å²) in [6.45, 7) is 3.88. The largest absolute Gasteiger partial charge is 0.487 e. The van der Waals surface area contributed by atoms with Gasteiger partial charge in [0.1, 0.15) is 18.1 Å². The Labute approximate surface area is 102 Å². The van der Waals surface area contributed by atoms with E-state index in [2.05, 4.69) is 5.16 Å². The minimum atomic E-state index is -0.978. The molecule has 0 radical (unpaired) electrons. The molecule has 90 valence electrons. The first-order valence-electron chi connectivity index (χ1n) is 4.95. The van der Waals surface area contributed by atoms with Crippen LogP contribution in [0, 0.1) is 13.8 Å². The molecule has 0 saturated heterocycles. The highest BCUT2D eigenvalue weighted by atomic mass is 32.1. The lowest BCUT2D eigenvalue weighted by Crippen LogP contribution is -2.01. The Kier molecular flexibility index (Phi) is 3.14. The van der Waals surface area contributed by atoms with Crippen molar-refractivity contribution in [3.05, 3.63) is 33.3 Å².